The number of imidazole rings is 1. The highest BCUT2D eigenvalue weighted by molar-refractivity contribution is 5.76. The van der Waals surface area contributed by atoms with Gasteiger partial charge in [0.25, 0.3) is 0 Å². The quantitative estimate of drug-likeness (QED) is 0.696. The predicted molar refractivity (Wildman–Crippen MR) is 103 cm³/mol. The number of rotatable bonds is 5. The van der Waals surface area contributed by atoms with Crippen LogP contribution in [0.15, 0.2) is 30.6 Å². The summed E-state index contributed by atoms with van der Waals surface area (Å²) in [7, 11) is 0. The number of carbonyl (C=O) groups is 1. The number of likely N-dealkylation sites (tertiary alicyclic amines) is 1. The van der Waals surface area contributed by atoms with E-state index in [-0.39, 0.29) is 5.91 Å². The molecule has 27 heavy (non-hydrogen) atoms. The van der Waals surface area contributed by atoms with Gasteiger partial charge < -0.3 is 9.47 Å². The zero-order chi connectivity index (χ0) is 18.8. The lowest BCUT2D eigenvalue weighted by molar-refractivity contribution is -0.133. The van der Waals surface area contributed by atoms with E-state index in [1.807, 2.05) is 42.4 Å². The van der Waals surface area contributed by atoms with Crippen molar-refractivity contribution in [2.75, 3.05) is 13.1 Å². The molecule has 1 saturated heterocycles. The average molecular weight is 366 g/mol. The van der Waals surface area contributed by atoms with Crippen LogP contribution in [0.2, 0.25) is 0 Å². The number of pyridine rings is 1. The first-order valence-corrected chi connectivity index (χ1v) is 9.75. The highest BCUT2D eigenvalue weighted by atomic mass is 16.2. The third-order valence-corrected chi connectivity index (χ3v) is 5.25. The van der Waals surface area contributed by atoms with Crippen LogP contribution in [0, 0.1) is 6.92 Å². The molecule has 0 saturated carbocycles. The molecule has 1 aliphatic rings. The summed E-state index contributed by atoms with van der Waals surface area (Å²) in [6.07, 6.45) is 7.57. The molecule has 0 atom stereocenters. The molecule has 4 rings (SSSR count). The SMILES string of the molecule is CCCc1nc2cccnc2n1C1CCN(C(=O)Cn2ccc(C)n2)CC1. The lowest BCUT2D eigenvalue weighted by atomic mass is 10.0. The van der Waals surface area contributed by atoms with Crippen LogP contribution in [0.25, 0.3) is 11.2 Å². The van der Waals surface area contributed by atoms with Crippen LogP contribution in [0.5, 0.6) is 0 Å². The summed E-state index contributed by atoms with van der Waals surface area (Å²) in [6.45, 7) is 5.96. The minimum atomic E-state index is 0.138. The van der Waals surface area contributed by atoms with E-state index in [1.165, 1.54) is 0 Å². The minimum absolute atomic E-state index is 0.138. The molecule has 0 bridgehead atoms. The van der Waals surface area contributed by atoms with Gasteiger partial charge in [0.2, 0.25) is 5.91 Å². The molecule has 0 aromatic carbocycles. The van der Waals surface area contributed by atoms with E-state index in [0.717, 1.165) is 61.5 Å². The van der Waals surface area contributed by atoms with Gasteiger partial charge in [-0.25, -0.2) is 9.97 Å². The maximum absolute atomic E-state index is 12.6. The maximum atomic E-state index is 12.6. The van der Waals surface area contributed by atoms with Crippen molar-refractivity contribution in [3.63, 3.8) is 0 Å². The monoisotopic (exact) mass is 366 g/mol. The van der Waals surface area contributed by atoms with Crippen LogP contribution >= 0.6 is 0 Å². The van der Waals surface area contributed by atoms with Crippen LogP contribution in [-0.2, 0) is 17.8 Å². The fourth-order valence-corrected chi connectivity index (χ4v) is 3.92. The Hall–Kier alpha value is -2.70. The largest absolute Gasteiger partial charge is 0.341 e. The molecule has 0 aliphatic carbocycles. The molecule has 3 aromatic heterocycles. The van der Waals surface area contributed by atoms with Gasteiger partial charge >= 0.3 is 0 Å². The van der Waals surface area contributed by atoms with E-state index >= 15 is 0 Å². The van der Waals surface area contributed by atoms with Crippen molar-refractivity contribution >= 4 is 17.1 Å². The molecule has 142 valence electrons. The third-order valence-electron chi connectivity index (χ3n) is 5.25. The Morgan fingerprint density at radius 3 is 2.78 bits per heavy atom. The van der Waals surface area contributed by atoms with Crippen molar-refractivity contribution in [3.05, 3.63) is 42.1 Å². The van der Waals surface area contributed by atoms with Crippen LogP contribution in [0.1, 0.15) is 43.7 Å². The fourth-order valence-electron chi connectivity index (χ4n) is 3.92. The lowest BCUT2D eigenvalue weighted by Crippen LogP contribution is -2.41. The van der Waals surface area contributed by atoms with Gasteiger partial charge in [-0.2, -0.15) is 5.10 Å². The third kappa shape index (κ3) is 3.59. The second kappa shape index (κ2) is 7.50. The van der Waals surface area contributed by atoms with Crippen LogP contribution < -0.4 is 0 Å². The van der Waals surface area contributed by atoms with Crippen molar-refractivity contribution in [1.29, 1.82) is 0 Å². The Bertz CT molecular complexity index is 935. The smallest absolute Gasteiger partial charge is 0.244 e. The van der Waals surface area contributed by atoms with E-state index < -0.39 is 0 Å². The molecule has 4 heterocycles. The van der Waals surface area contributed by atoms with Crippen LogP contribution in [0.4, 0.5) is 0 Å². The number of aromatic nitrogens is 5. The van der Waals surface area contributed by atoms with E-state index in [2.05, 4.69) is 21.6 Å². The maximum Gasteiger partial charge on any atom is 0.244 e. The Morgan fingerprint density at radius 1 is 1.26 bits per heavy atom. The molecule has 1 aliphatic heterocycles. The van der Waals surface area contributed by atoms with E-state index in [9.17, 15) is 4.79 Å². The van der Waals surface area contributed by atoms with Crippen LogP contribution in [-0.4, -0.2) is 48.2 Å². The van der Waals surface area contributed by atoms with Gasteiger partial charge in [0.05, 0.1) is 5.69 Å². The Labute approximate surface area is 159 Å². The first-order valence-electron chi connectivity index (χ1n) is 9.75. The van der Waals surface area contributed by atoms with Crippen molar-refractivity contribution < 1.29 is 4.79 Å². The number of fused-ring (bicyclic) bond motifs is 1. The van der Waals surface area contributed by atoms with Gasteiger partial charge in [0.1, 0.15) is 17.9 Å². The van der Waals surface area contributed by atoms with Crippen molar-refractivity contribution in [2.45, 2.75) is 52.1 Å². The Balaban J connectivity index is 1.47. The molecule has 0 unspecified atom stereocenters. The number of piperidine rings is 1. The molecular weight excluding hydrogens is 340 g/mol. The van der Waals surface area contributed by atoms with E-state index in [4.69, 9.17) is 4.98 Å². The van der Waals surface area contributed by atoms with Gasteiger partial charge in [-0.1, -0.05) is 6.92 Å². The standard InChI is InChI=1S/C20H26N6O/c1-3-5-18-22-17-6-4-10-21-20(17)26(18)16-8-11-24(12-9-16)19(27)14-25-13-7-15(2)23-25/h4,6-7,10,13,16H,3,5,8-9,11-12,14H2,1-2H3. The summed E-state index contributed by atoms with van der Waals surface area (Å²) in [5.41, 5.74) is 2.87. The molecule has 3 aromatic rings. The normalized spacial score (nSPS) is 15.6. The van der Waals surface area contributed by atoms with Gasteiger partial charge in [-0.3, -0.25) is 9.48 Å². The number of hydrogen-bond acceptors (Lipinski definition) is 4. The highest BCUT2D eigenvalue weighted by Crippen LogP contribution is 2.28. The molecule has 0 spiro atoms. The van der Waals surface area contributed by atoms with Crippen molar-refractivity contribution in [3.8, 4) is 0 Å². The molecule has 0 radical (unpaired) electrons. The molecule has 7 heteroatoms. The highest BCUT2D eigenvalue weighted by Gasteiger charge is 2.27. The second-order valence-corrected chi connectivity index (χ2v) is 7.26. The second-order valence-electron chi connectivity index (χ2n) is 7.26. The van der Waals surface area contributed by atoms with Crippen LogP contribution in [0.3, 0.4) is 0 Å². The number of hydrogen-bond donors (Lipinski definition) is 0. The molecule has 1 fully saturated rings. The predicted octanol–water partition coefficient (Wildman–Crippen LogP) is 2.75. The summed E-state index contributed by atoms with van der Waals surface area (Å²) in [6, 6.07) is 6.24. The minimum Gasteiger partial charge on any atom is -0.341 e. The van der Waals surface area contributed by atoms with Gasteiger partial charge in [-0.05, 0) is 44.4 Å². The lowest BCUT2D eigenvalue weighted by Gasteiger charge is -2.33. The number of nitrogens with zero attached hydrogens (tertiary/aromatic N) is 6. The molecule has 7 nitrogen and oxygen atoms in total. The summed E-state index contributed by atoms with van der Waals surface area (Å²) in [4.78, 5) is 23.9. The van der Waals surface area contributed by atoms with Gasteiger partial charge in [-0.15, -0.1) is 0 Å². The summed E-state index contributed by atoms with van der Waals surface area (Å²) in [5.74, 6) is 1.25. The van der Waals surface area contributed by atoms with Crippen molar-refractivity contribution in [1.82, 2.24) is 29.2 Å². The Morgan fingerprint density at radius 2 is 2.07 bits per heavy atom. The summed E-state index contributed by atoms with van der Waals surface area (Å²) < 4.78 is 4.04. The first-order chi connectivity index (χ1) is 13.2. The zero-order valence-corrected chi connectivity index (χ0v) is 16.0. The average Bonchev–Trinajstić information content (AvgIpc) is 3.25. The molecular formula is C20H26N6O. The Kier molecular flexibility index (Phi) is 4.92. The van der Waals surface area contributed by atoms with Crippen molar-refractivity contribution in [2.24, 2.45) is 0 Å². The van der Waals surface area contributed by atoms with E-state index in [1.54, 1.807) is 4.68 Å². The topological polar surface area (TPSA) is 68.8 Å². The molecule has 1 amide bonds. The van der Waals surface area contributed by atoms with Gasteiger partial charge in [0.15, 0.2) is 5.65 Å². The first kappa shape index (κ1) is 17.7. The van der Waals surface area contributed by atoms with E-state index in [0.29, 0.717) is 12.6 Å². The summed E-state index contributed by atoms with van der Waals surface area (Å²) in [5, 5.41) is 4.32. The fraction of sp³-hybridized carbons (Fsp3) is 0.500. The number of aryl methyl sites for hydroxylation is 2. The van der Waals surface area contributed by atoms with Gasteiger partial charge in [0, 0.05) is 37.9 Å². The number of carbonyl (C=O) groups excluding carboxylic acids is 1. The zero-order valence-electron chi connectivity index (χ0n) is 16.0. The molecule has 0 N–H and O–H groups in total. The number of amides is 1. The summed E-state index contributed by atoms with van der Waals surface area (Å²) >= 11 is 0.